The van der Waals surface area contributed by atoms with Gasteiger partial charge in [-0.1, -0.05) is 111 Å². The Bertz CT molecular complexity index is 550. The van der Waals surface area contributed by atoms with Gasteiger partial charge in [0.2, 0.25) is 0 Å². The average Bonchev–Trinajstić information content (AvgIpc) is 2.66. The molecule has 0 bridgehead atoms. The summed E-state index contributed by atoms with van der Waals surface area (Å²) in [5.74, 6) is 0.269. The minimum absolute atomic E-state index is 0.129. The van der Waals surface area contributed by atoms with E-state index in [4.69, 9.17) is 66.9 Å². The molecule has 0 radical (unpaired) electrons. The zero-order valence-electron chi connectivity index (χ0n) is 15.6. The average molecular weight is 481 g/mol. The van der Waals surface area contributed by atoms with E-state index in [-0.39, 0.29) is 30.9 Å². The van der Waals surface area contributed by atoms with E-state index in [1.165, 1.54) is 25.7 Å². The van der Waals surface area contributed by atoms with Crippen molar-refractivity contribution in [3.8, 4) is 5.75 Å². The molecule has 1 rings (SSSR count). The Hall–Kier alpha value is 0.647. The molecular weight excluding hydrogens is 454 g/mol. The van der Waals surface area contributed by atoms with Crippen LogP contribution in [0.2, 0.25) is 37.2 Å². The monoisotopic (exact) mass is 478 g/mol. The summed E-state index contributed by atoms with van der Waals surface area (Å²) >= 11 is 31.0. The van der Waals surface area contributed by atoms with Gasteiger partial charge in [-0.25, -0.2) is 0 Å². The number of benzene rings is 1. The first kappa shape index (κ1) is 24.7. The van der Waals surface area contributed by atoms with Crippen molar-refractivity contribution in [1.82, 2.24) is 0 Å². The Morgan fingerprint density at radius 3 is 1.62 bits per heavy atom. The number of halogens is 5. The molecule has 0 spiro atoms. The lowest BCUT2D eigenvalue weighted by Crippen LogP contribution is -2.44. The van der Waals surface area contributed by atoms with Crippen molar-refractivity contribution in [2.24, 2.45) is 0 Å². The van der Waals surface area contributed by atoms with Gasteiger partial charge in [-0.2, -0.15) is 0 Å². The molecule has 1 aromatic carbocycles. The molecule has 0 aliphatic heterocycles. The van der Waals surface area contributed by atoms with Gasteiger partial charge in [-0.05, 0) is 18.5 Å². The first-order valence-corrected chi connectivity index (χ1v) is 13.3. The molecule has 0 atom stereocenters. The molecule has 2 nitrogen and oxygen atoms in total. The first-order chi connectivity index (χ1) is 12.3. The fraction of sp³-hybridized carbons (Fsp3) is 0.667. The minimum Gasteiger partial charge on any atom is -0.518 e. The molecule has 0 fully saturated rings. The van der Waals surface area contributed by atoms with Gasteiger partial charge in [0.15, 0.2) is 0 Å². The van der Waals surface area contributed by atoms with Crippen molar-refractivity contribution in [2.45, 2.75) is 71.4 Å². The summed E-state index contributed by atoms with van der Waals surface area (Å²) in [5, 5.41) is 0.762. The number of hydrogen-bond donors (Lipinski definition) is 0. The summed E-state index contributed by atoms with van der Waals surface area (Å²) in [7, 11) is -2.51. The molecule has 150 valence electrons. The summed E-state index contributed by atoms with van der Waals surface area (Å²) < 4.78 is 12.5. The zero-order valence-corrected chi connectivity index (χ0v) is 20.3. The molecule has 0 N–H and O–H groups in total. The number of rotatable bonds is 12. The fourth-order valence-corrected chi connectivity index (χ4v) is 6.30. The van der Waals surface area contributed by atoms with Gasteiger partial charge in [0, 0.05) is 6.61 Å². The quantitative estimate of drug-likeness (QED) is 0.128. The van der Waals surface area contributed by atoms with Crippen LogP contribution in [0, 0.1) is 0 Å². The second-order valence-corrected chi connectivity index (χ2v) is 11.9. The lowest BCUT2D eigenvalue weighted by atomic mass is 10.1. The molecule has 0 aliphatic carbocycles. The second-order valence-electron chi connectivity index (χ2n) is 6.24. The highest BCUT2D eigenvalue weighted by Crippen LogP contribution is 2.49. The molecule has 8 heteroatoms. The normalized spacial score (nSPS) is 11.8. The predicted octanol–water partition coefficient (Wildman–Crippen LogP) is 9.19. The first-order valence-electron chi connectivity index (χ1n) is 9.17. The third kappa shape index (κ3) is 6.61. The van der Waals surface area contributed by atoms with Crippen molar-refractivity contribution < 1.29 is 8.85 Å². The maximum atomic E-state index is 6.31. The highest BCUT2D eigenvalue weighted by molar-refractivity contribution is 6.68. The lowest BCUT2D eigenvalue weighted by molar-refractivity contribution is 0.230. The standard InChI is InChI=1S/C18H27Cl5O2Si/c1-4-7-8-9-10-11-12-24-26(5-2,6-3)25-18-16(22)14(20)13(19)15(21)17(18)23/h4-12H2,1-3H3. The molecule has 0 saturated carbocycles. The van der Waals surface area contributed by atoms with Gasteiger partial charge in [0.1, 0.15) is 15.8 Å². The van der Waals surface area contributed by atoms with Crippen LogP contribution in [0.4, 0.5) is 0 Å². The summed E-state index contributed by atoms with van der Waals surface area (Å²) in [6, 6.07) is 1.54. The summed E-state index contributed by atoms with van der Waals surface area (Å²) in [6.45, 7) is 6.99. The number of unbranched alkanes of at least 4 members (excludes halogenated alkanes) is 5. The fourth-order valence-electron chi connectivity index (χ4n) is 2.63. The zero-order chi connectivity index (χ0) is 19.7. The minimum atomic E-state index is -2.51. The molecule has 1 aromatic rings. The van der Waals surface area contributed by atoms with Gasteiger partial charge >= 0.3 is 8.56 Å². The Labute approximate surface area is 183 Å². The van der Waals surface area contributed by atoms with Crippen molar-refractivity contribution in [3.05, 3.63) is 25.1 Å². The smallest absolute Gasteiger partial charge is 0.398 e. The van der Waals surface area contributed by atoms with E-state index in [0.717, 1.165) is 24.9 Å². The van der Waals surface area contributed by atoms with Gasteiger partial charge in [-0.3, -0.25) is 0 Å². The highest BCUT2D eigenvalue weighted by atomic mass is 35.5. The predicted molar refractivity (Wildman–Crippen MR) is 118 cm³/mol. The van der Waals surface area contributed by atoms with Crippen LogP contribution < -0.4 is 4.43 Å². The maximum absolute atomic E-state index is 6.31. The van der Waals surface area contributed by atoms with Crippen LogP contribution in [0.15, 0.2) is 0 Å². The van der Waals surface area contributed by atoms with Crippen molar-refractivity contribution >= 4 is 66.6 Å². The van der Waals surface area contributed by atoms with Crippen LogP contribution in [0.5, 0.6) is 5.75 Å². The van der Waals surface area contributed by atoms with E-state index in [9.17, 15) is 0 Å². The van der Waals surface area contributed by atoms with Crippen LogP contribution in [-0.2, 0) is 4.43 Å². The molecule has 0 aliphatic rings. The van der Waals surface area contributed by atoms with E-state index in [1.54, 1.807) is 0 Å². The molecule has 0 heterocycles. The molecule has 0 saturated heterocycles. The van der Waals surface area contributed by atoms with E-state index >= 15 is 0 Å². The molecule has 0 unspecified atom stereocenters. The van der Waals surface area contributed by atoms with Gasteiger partial charge in [0.05, 0.1) is 15.1 Å². The molecule has 0 aromatic heterocycles. The van der Waals surface area contributed by atoms with Crippen LogP contribution in [0.3, 0.4) is 0 Å². The van der Waals surface area contributed by atoms with Gasteiger partial charge in [-0.15, -0.1) is 0 Å². The largest absolute Gasteiger partial charge is 0.518 e. The van der Waals surface area contributed by atoms with Crippen LogP contribution in [0.1, 0.15) is 59.3 Å². The van der Waals surface area contributed by atoms with Crippen molar-refractivity contribution in [1.29, 1.82) is 0 Å². The van der Waals surface area contributed by atoms with Crippen molar-refractivity contribution in [2.75, 3.05) is 6.61 Å². The SMILES string of the molecule is CCCCCCCCO[Si](CC)(CC)Oc1c(Cl)c(Cl)c(Cl)c(Cl)c1Cl. The van der Waals surface area contributed by atoms with Gasteiger partial charge in [0.25, 0.3) is 0 Å². The lowest BCUT2D eigenvalue weighted by Gasteiger charge is -2.30. The Balaban J connectivity index is 2.82. The van der Waals surface area contributed by atoms with Crippen LogP contribution in [0.25, 0.3) is 0 Å². The van der Waals surface area contributed by atoms with E-state index in [1.807, 2.05) is 0 Å². The van der Waals surface area contributed by atoms with E-state index in [0.29, 0.717) is 6.61 Å². The highest BCUT2D eigenvalue weighted by Gasteiger charge is 2.38. The molecular formula is C18H27Cl5O2Si. The van der Waals surface area contributed by atoms with E-state index in [2.05, 4.69) is 20.8 Å². The molecule has 0 amide bonds. The summed E-state index contributed by atoms with van der Waals surface area (Å²) in [5.41, 5.74) is 0. The topological polar surface area (TPSA) is 18.5 Å². The van der Waals surface area contributed by atoms with Crippen molar-refractivity contribution in [3.63, 3.8) is 0 Å². The van der Waals surface area contributed by atoms with E-state index < -0.39 is 8.56 Å². The third-order valence-corrected chi connectivity index (χ3v) is 10.1. The second kappa shape index (κ2) is 12.3. The Kier molecular flexibility index (Phi) is 11.6. The van der Waals surface area contributed by atoms with Crippen LogP contribution >= 0.6 is 58.0 Å². The third-order valence-electron chi connectivity index (χ3n) is 4.40. The summed E-state index contributed by atoms with van der Waals surface area (Å²) in [4.78, 5) is 0. The number of hydrogen-bond acceptors (Lipinski definition) is 2. The summed E-state index contributed by atoms with van der Waals surface area (Å²) in [6.07, 6.45) is 7.25. The molecule has 26 heavy (non-hydrogen) atoms. The maximum Gasteiger partial charge on any atom is 0.398 e. The van der Waals surface area contributed by atoms with Gasteiger partial charge < -0.3 is 8.85 Å². The Morgan fingerprint density at radius 2 is 1.12 bits per heavy atom. The van der Waals surface area contributed by atoms with Crippen LogP contribution in [-0.4, -0.2) is 15.2 Å². The Morgan fingerprint density at radius 1 is 0.654 bits per heavy atom.